The predicted octanol–water partition coefficient (Wildman–Crippen LogP) is 5.11. The Morgan fingerprint density at radius 2 is 2.05 bits per heavy atom. The van der Waals surface area contributed by atoms with E-state index in [2.05, 4.69) is 13.8 Å². The first-order chi connectivity index (χ1) is 10.1. The fourth-order valence-electron chi connectivity index (χ4n) is 2.85. The topological polar surface area (TPSA) is 35.1 Å². The molecular formula is C17H24ClNO2. The number of nitrogens with zero attached hydrogens (tertiary/aromatic N) is 1. The molecule has 0 aliphatic rings. The number of alkyl halides is 1. The molecule has 2 unspecified atom stereocenters. The first-order valence-corrected chi connectivity index (χ1v) is 8.33. The largest absolute Gasteiger partial charge is 0.419 e. The van der Waals surface area contributed by atoms with E-state index in [4.69, 9.17) is 16.0 Å². The second kappa shape index (κ2) is 7.17. The highest BCUT2D eigenvalue weighted by molar-refractivity contribution is 6.21. The number of aryl methyl sites for hydroxylation is 1. The molecule has 3 nitrogen and oxygen atoms in total. The average Bonchev–Trinajstić information content (AvgIpc) is 2.81. The lowest BCUT2D eigenvalue weighted by atomic mass is 9.91. The SMILES string of the molecule is CCCCC(CC)C(Cl)c1ccc2c(c1)oc(=O)n2CC. The Hall–Kier alpha value is -1.22. The van der Waals surface area contributed by atoms with Crippen LogP contribution in [0.5, 0.6) is 0 Å². The van der Waals surface area contributed by atoms with E-state index in [-0.39, 0.29) is 11.1 Å². The molecule has 2 atom stereocenters. The average molecular weight is 310 g/mol. The van der Waals surface area contributed by atoms with Crippen LogP contribution >= 0.6 is 11.6 Å². The van der Waals surface area contributed by atoms with Crippen molar-refractivity contribution in [2.75, 3.05) is 0 Å². The maximum atomic E-state index is 11.7. The van der Waals surface area contributed by atoms with Gasteiger partial charge < -0.3 is 4.42 Å². The number of hydrogen-bond acceptors (Lipinski definition) is 2. The van der Waals surface area contributed by atoms with Crippen LogP contribution in [0.3, 0.4) is 0 Å². The summed E-state index contributed by atoms with van der Waals surface area (Å²) in [6, 6.07) is 5.89. The lowest BCUT2D eigenvalue weighted by molar-refractivity contribution is 0.437. The van der Waals surface area contributed by atoms with Crippen LogP contribution in [-0.4, -0.2) is 4.57 Å². The molecule has 2 aromatic rings. The number of halogens is 1. The van der Waals surface area contributed by atoms with E-state index >= 15 is 0 Å². The second-order valence-corrected chi connectivity index (χ2v) is 6.02. The fourth-order valence-corrected chi connectivity index (χ4v) is 3.29. The molecule has 1 aromatic carbocycles. The first-order valence-electron chi connectivity index (χ1n) is 7.89. The molecular weight excluding hydrogens is 286 g/mol. The summed E-state index contributed by atoms with van der Waals surface area (Å²) < 4.78 is 6.96. The molecule has 1 heterocycles. The predicted molar refractivity (Wildman–Crippen MR) is 88.0 cm³/mol. The van der Waals surface area contributed by atoms with Crippen molar-refractivity contribution in [3.63, 3.8) is 0 Å². The second-order valence-electron chi connectivity index (χ2n) is 5.55. The zero-order valence-electron chi connectivity index (χ0n) is 13.1. The molecule has 0 aliphatic carbocycles. The molecule has 0 spiro atoms. The van der Waals surface area contributed by atoms with E-state index < -0.39 is 0 Å². The molecule has 1 aromatic heterocycles. The van der Waals surface area contributed by atoms with Crippen molar-refractivity contribution >= 4 is 22.7 Å². The summed E-state index contributed by atoms with van der Waals surface area (Å²) >= 11 is 6.66. The maximum absolute atomic E-state index is 11.7. The standard InChI is InChI=1S/C17H24ClNO2/c1-4-7-8-12(5-2)16(18)13-9-10-14-15(11-13)21-17(20)19(14)6-3/h9-12,16H,4-8H2,1-3H3. The van der Waals surface area contributed by atoms with E-state index in [9.17, 15) is 4.79 Å². The Labute approximate surface area is 130 Å². The van der Waals surface area contributed by atoms with E-state index in [0.717, 1.165) is 23.9 Å². The van der Waals surface area contributed by atoms with E-state index in [1.54, 1.807) is 4.57 Å². The van der Waals surface area contributed by atoms with Crippen LogP contribution in [0.2, 0.25) is 0 Å². The van der Waals surface area contributed by atoms with Crippen molar-refractivity contribution in [3.05, 3.63) is 34.3 Å². The molecule has 2 rings (SSSR count). The van der Waals surface area contributed by atoms with Gasteiger partial charge in [-0.05, 0) is 37.0 Å². The molecule has 0 radical (unpaired) electrons. The minimum atomic E-state index is -0.297. The smallest absolute Gasteiger partial charge is 0.408 e. The van der Waals surface area contributed by atoms with Gasteiger partial charge in [0.15, 0.2) is 5.58 Å². The highest BCUT2D eigenvalue weighted by atomic mass is 35.5. The van der Waals surface area contributed by atoms with Crippen molar-refractivity contribution in [2.24, 2.45) is 5.92 Å². The highest BCUT2D eigenvalue weighted by Crippen LogP contribution is 2.35. The molecule has 116 valence electrons. The number of fused-ring (bicyclic) bond motifs is 1. The maximum Gasteiger partial charge on any atom is 0.419 e. The summed E-state index contributed by atoms with van der Waals surface area (Å²) in [4.78, 5) is 11.7. The van der Waals surface area contributed by atoms with Gasteiger partial charge in [0, 0.05) is 6.54 Å². The zero-order valence-corrected chi connectivity index (χ0v) is 13.8. The summed E-state index contributed by atoms with van der Waals surface area (Å²) in [7, 11) is 0. The highest BCUT2D eigenvalue weighted by Gasteiger charge is 2.20. The fraction of sp³-hybridized carbons (Fsp3) is 0.588. The van der Waals surface area contributed by atoms with Crippen molar-refractivity contribution in [1.29, 1.82) is 0 Å². The van der Waals surface area contributed by atoms with Crippen LogP contribution < -0.4 is 5.76 Å². The van der Waals surface area contributed by atoms with Crippen LogP contribution in [0.4, 0.5) is 0 Å². The van der Waals surface area contributed by atoms with Crippen LogP contribution in [0, 0.1) is 5.92 Å². The van der Waals surface area contributed by atoms with Gasteiger partial charge in [-0.2, -0.15) is 0 Å². The van der Waals surface area contributed by atoms with E-state index in [1.807, 2.05) is 25.1 Å². The number of aromatic nitrogens is 1. The molecule has 0 saturated heterocycles. The Morgan fingerprint density at radius 1 is 1.29 bits per heavy atom. The Bertz CT molecular complexity index is 644. The number of hydrogen-bond donors (Lipinski definition) is 0. The summed E-state index contributed by atoms with van der Waals surface area (Å²) in [5.74, 6) is 0.165. The third kappa shape index (κ3) is 3.34. The third-order valence-corrected chi connectivity index (χ3v) is 4.80. The molecule has 0 N–H and O–H groups in total. The molecule has 0 fully saturated rings. The van der Waals surface area contributed by atoms with Crippen LogP contribution in [-0.2, 0) is 6.54 Å². The molecule has 0 saturated carbocycles. The van der Waals surface area contributed by atoms with Crippen LogP contribution in [0.15, 0.2) is 27.4 Å². The van der Waals surface area contributed by atoms with Crippen molar-refractivity contribution in [1.82, 2.24) is 4.57 Å². The van der Waals surface area contributed by atoms with Gasteiger partial charge in [-0.25, -0.2) is 4.79 Å². The van der Waals surface area contributed by atoms with Crippen LogP contribution in [0.1, 0.15) is 57.4 Å². The third-order valence-electron chi connectivity index (χ3n) is 4.19. The van der Waals surface area contributed by atoms with Crippen molar-refractivity contribution in [2.45, 2.75) is 58.4 Å². The Morgan fingerprint density at radius 3 is 2.67 bits per heavy atom. The van der Waals surface area contributed by atoms with Gasteiger partial charge in [0.05, 0.1) is 10.9 Å². The molecule has 0 bridgehead atoms. The van der Waals surface area contributed by atoms with E-state index in [0.29, 0.717) is 18.0 Å². The van der Waals surface area contributed by atoms with Gasteiger partial charge in [0.1, 0.15) is 0 Å². The molecule has 21 heavy (non-hydrogen) atoms. The van der Waals surface area contributed by atoms with Crippen molar-refractivity contribution < 1.29 is 4.42 Å². The molecule has 0 amide bonds. The van der Waals surface area contributed by atoms with Gasteiger partial charge >= 0.3 is 5.76 Å². The van der Waals surface area contributed by atoms with Gasteiger partial charge in [0.2, 0.25) is 0 Å². The molecule has 0 aliphatic heterocycles. The minimum Gasteiger partial charge on any atom is -0.408 e. The van der Waals surface area contributed by atoms with Crippen molar-refractivity contribution in [3.8, 4) is 0 Å². The lowest BCUT2D eigenvalue weighted by Gasteiger charge is -2.21. The lowest BCUT2D eigenvalue weighted by Crippen LogP contribution is -2.12. The number of rotatable bonds is 7. The van der Waals surface area contributed by atoms with Gasteiger partial charge in [0.25, 0.3) is 0 Å². The first kappa shape index (κ1) is 16.2. The van der Waals surface area contributed by atoms with Gasteiger partial charge in [-0.1, -0.05) is 39.2 Å². The minimum absolute atomic E-state index is 0.0266. The summed E-state index contributed by atoms with van der Waals surface area (Å²) in [6.07, 6.45) is 4.59. The number of unbranched alkanes of at least 4 members (excludes halogenated alkanes) is 1. The summed E-state index contributed by atoms with van der Waals surface area (Å²) in [5, 5.41) is -0.0266. The Kier molecular flexibility index (Phi) is 5.51. The van der Waals surface area contributed by atoms with Crippen LogP contribution in [0.25, 0.3) is 11.1 Å². The summed E-state index contributed by atoms with van der Waals surface area (Å²) in [6.45, 7) is 6.93. The summed E-state index contributed by atoms with van der Waals surface area (Å²) in [5.41, 5.74) is 2.52. The Balaban J connectivity index is 2.31. The van der Waals surface area contributed by atoms with Gasteiger partial charge in [-0.15, -0.1) is 11.6 Å². The monoisotopic (exact) mass is 309 g/mol. The normalized spacial score (nSPS) is 14.5. The van der Waals surface area contributed by atoms with Gasteiger partial charge in [-0.3, -0.25) is 4.57 Å². The van der Waals surface area contributed by atoms with E-state index in [1.165, 1.54) is 12.8 Å². The number of oxazole rings is 1. The molecule has 4 heteroatoms. The zero-order chi connectivity index (χ0) is 15.4. The number of benzene rings is 1. The quantitative estimate of drug-likeness (QED) is 0.666.